The van der Waals surface area contributed by atoms with Gasteiger partial charge >= 0.3 is 5.22 Å². The molecule has 0 bridgehead atoms. The van der Waals surface area contributed by atoms with Crippen LogP contribution in [0.25, 0.3) is 11.5 Å². The predicted molar refractivity (Wildman–Crippen MR) is 90.1 cm³/mol. The molecule has 6 nitrogen and oxygen atoms in total. The van der Waals surface area contributed by atoms with Crippen LogP contribution in [0.2, 0.25) is 0 Å². The van der Waals surface area contributed by atoms with E-state index in [0.717, 1.165) is 11.1 Å². The van der Waals surface area contributed by atoms with E-state index < -0.39 is 16.6 Å². The Morgan fingerprint density at radius 3 is 2.80 bits per heavy atom. The largest absolute Gasteiger partial charge is 0.496 e. The molecule has 0 aliphatic rings. The molecular weight excluding hydrogens is 345 g/mol. The van der Waals surface area contributed by atoms with Gasteiger partial charge in [-0.15, -0.1) is 5.10 Å². The molecule has 0 radical (unpaired) electrons. The van der Waals surface area contributed by atoms with E-state index in [-0.39, 0.29) is 16.9 Å². The second-order valence-electron chi connectivity index (χ2n) is 5.42. The molecule has 1 aromatic carbocycles. The molecule has 0 fully saturated rings. The lowest BCUT2D eigenvalue weighted by Crippen LogP contribution is -2.04. The lowest BCUT2D eigenvalue weighted by atomic mass is 10.1. The van der Waals surface area contributed by atoms with Crippen molar-refractivity contribution in [2.45, 2.75) is 24.8 Å². The molecule has 8 heteroatoms. The van der Waals surface area contributed by atoms with E-state index in [1.165, 1.54) is 18.2 Å². The Labute approximate surface area is 146 Å². The molecule has 1 atom stereocenters. The van der Waals surface area contributed by atoms with Crippen molar-refractivity contribution < 1.29 is 17.8 Å². The number of methoxy groups -OCH3 is 1. The summed E-state index contributed by atoms with van der Waals surface area (Å²) in [7, 11) is 0.0108. The van der Waals surface area contributed by atoms with Crippen LogP contribution in [0.3, 0.4) is 0 Å². The zero-order valence-electron chi connectivity index (χ0n) is 13.9. The van der Waals surface area contributed by atoms with Gasteiger partial charge in [0.25, 0.3) is 0 Å². The second kappa shape index (κ2) is 7.10. The highest BCUT2D eigenvalue weighted by Crippen LogP contribution is 2.26. The zero-order chi connectivity index (χ0) is 18.0. The van der Waals surface area contributed by atoms with E-state index in [4.69, 9.17) is 9.15 Å². The fourth-order valence-corrected chi connectivity index (χ4v) is 3.41. The topological polar surface area (TPSA) is 78.1 Å². The van der Waals surface area contributed by atoms with Gasteiger partial charge in [0.1, 0.15) is 22.4 Å². The number of hydrogen-bond acceptors (Lipinski definition) is 6. The minimum atomic E-state index is -1.57. The number of halogens is 1. The molecule has 0 saturated carbocycles. The molecule has 0 aliphatic heterocycles. The molecule has 3 aromatic rings. The number of aromatic nitrogens is 3. The van der Waals surface area contributed by atoms with Gasteiger partial charge in [-0.1, -0.05) is 11.2 Å². The van der Waals surface area contributed by atoms with E-state index in [1.807, 2.05) is 13.8 Å². The standard InChI is InChI=1S/C17H16FN3O3S/c1-10-8-19-14(11(2)15(10)23-3)9-25(22)17-21-20-16(24-17)12-5-4-6-13(18)7-12/h4-8H,9H2,1-3H3. The SMILES string of the molecule is COc1c(C)cnc(CS(=O)c2nnc(-c3cccc(F)c3)o2)c1C. The Morgan fingerprint density at radius 1 is 1.28 bits per heavy atom. The van der Waals surface area contributed by atoms with Crippen LogP contribution in [0.15, 0.2) is 40.1 Å². The van der Waals surface area contributed by atoms with E-state index in [2.05, 4.69) is 15.2 Å². The fourth-order valence-electron chi connectivity index (χ4n) is 2.44. The van der Waals surface area contributed by atoms with Gasteiger partial charge in [-0.2, -0.15) is 0 Å². The lowest BCUT2D eigenvalue weighted by Gasteiger charge is -2.11. The smallest absolute Gasteiger partial charge is 0.308 e. The minimum Gasteiger partial charge on any atom is -0.496 e. The fraction of sp³-hybridized carbons (Fsp3) is 0.235. The monoisotopic (exact) mass is 361 g/mol. The molecule has 0 saturated heterocycles. The summed E-state index contributed by atoms with van der Waals surface area (Å²) < 4.78 is 36.6. The van der Waals surface area contributed by atoms with Gasteiger partial charge in [0.05, 0.1) is 18.6 Å². The van der Waals surface area contributed by atoms with Crippen LogP contribution in [0.5, 0.6) is 5.75 Å². The quantitative estimate of drug-likeness (QED) is 0.694. The number of pyridine rings is 1. The number of rotatable bonds is 5. The number of benzene rings is 1. The number of aryl methyl sites for hydroxylation is 1. The zero-order valence-corrected chi connectivity index (χ0v) is 14.8. The van der Waals surface area contributed by atoms with Crippen molar-refractivity contribution in [3.63, 3.8) is 0 Å². The molecule has 0 spiro atoms. The van der Waals surface area contributed by atoms with Crippen molar-refractivity contribution in [1.82, 2.24) is 15.2 Å². The molecule has 0 aliphatic carbocycles. The predicted octanol–water partition coefficient (Wildman–Crippen LogP) is 3.20. The number of ether oxygens (including phenoxy) is 1. The van der Waals surface area contributed by atoms with Crippen LogP contribution in [0.1, 0.15) is 16.8 Å². The van der Waals surface area contributed by atoms with Gasteiger partial charge in [-0.3, -0.25) is 4.98 Å². The Morgan fingerprint density at radius 2 is 2.08 bits per heavy atom. The van der Waals surface area contributed by atoms with E-state index in [9.17, 15) is 8.60 Å². The van der Waals surface area contributed by atoms with Crippen molar-refractivity contribution in [2.75, 3.05) is 7.11 Å². The molecule has 0 N–H and O–H groups in total. The maximum absolute atomic E-state index is 13.3. The van der Waals surface area contributed by atoms with Crippen LogP contribution in [0, 0.1) is 19.7 Å². The summed E-state index contributed by atoms with van der Waals surface area (Å²) in [5.74, 6) is 0.541. The summed E-state index contributed by atoms with van der Waals surface area (Å²) in [6.07, 6.45) is 1.67. The summed E-state index contributed by atoms with van der Waals surface area (Å²) in [5.41, 5.74) is 2.79. The highest BCUT2D eigenvalue weighted by atomic mass is 32.2. The Balaban J connectivity index is 1.83. The van der Waals surface area contributed by atoms with Gasteiger partial charge in [0.15, 0.2) is 0 Å². The number of hydrogen-bond donors (Lipinski definition) is 0. The first-order valence-electron chi connectivity index (χ1n) is 7.46. The third-order valence-corrected chi connectivity index (χ3v) is 4.78. The highest BCUT2D eigenvalue weighted by molar-refractivity contribution is 7.84. The van der Waals surface area contributed by atoms with E-state index in [0.29, 0.717) is 17.0 Å². The van der Waals surface area contributed by atoms with Gasteiger partial charge in [0.2, 0.25) is 5.89 Å². The second-order valence-corrected chi connectivity index (χ2v) is 6.75. The first kappa shape index (κ1) is 17.2. The van der Waals surface area contributed by atoms with Crippen molar-refractivity contribution in [1.29, 1.82) is 0 Å². The molecule has 1 unspecified atom stereocenters. The van der Waals surface area contributed by atoms with Crippen molar-refractivity contribution >= 4 is 10.8 Å². The summed E-state index contributed by atoms with van der Waals surface area (Å²) in [5, 5.41) is 7.62. The van der Waals surface area contributed by atoms with Crippen LogP contribution in [-0.4, -0.2) is 26.5 Å². The maximum atomic E-state index is 13.3. The van der Waals surface area contributed by atoms with Gasteiger partial charge < -0.3 is 9.15 Å². The molecular formula is C17H16FN3O3S. The van der Waals surface area contributed by atoms with E-state index in [1.54, 1.807) is 19.4 Å². The average Bonchev–Trinajstić information content (AvgIpc) is 3.08. The normalized spacial score (nSPS) is 12.2. The molecule has 0 amide bonds. The van der Waals surface area contributed by atoms with E-state index >= 15 is 0 Å². The lowest BCUT2D eigenvalue weighted by molar-refractivity contribution is 0.407. The third kappa shape index (κ3) is 3.58. The molecule has 2 heterocycles. The minimum absolute atomic E-state index is 0.0278. The van der Waals surface area contributed by atoms with Crippen LogP contribution < -0.4 is 4.74 Å². The summed E-state index contributed by atoms with van der Waals surface area (Å²) >= 11 is 0. The Bertz CT molecular complexity index is 943. The van der Waals surface area contributed by atoms with Crippen molar-refractivity contribution in [3.8, 4) is 17.2 Å². The van der Waals surface area contributed by atoms with Crippen LogP contribution in [-0.2, 0) is 16.6 Å². The molecule has 25 heavy (non-hydrogen) atoms. The third-order valence-electron chi connectivity index (χ3n) is 3.69. The number of nitrogens with zero attached hydrogens (tertiary/aromatic N) is 3. The van der Waals surface area contributed by atoms with Crippen LogP contribution in [0.4, 0.5) is 4.39 Å². The van der Waals surface area contributed by atoms with Gasteiger partial charge in [-0.25, -0.2) is 8.60 Å². The molecule has 130 valence electrons. The molecule has 3 rings (SSSR count). The van der Waals surface area contributed by atoms with Gasteiger partial charge in [0, 0.05) is 22.9 Å². The van der Waals surface area contributed by atoms with Gasteiger partial charge in [-0.05, 0) is 32.0 Å². The summed E-state index contributed by atoms with van der Waals surface area (Å²) in [6.45, 7) is 3.75. The Kier molecular flexibility index (Phi) is 4.89. The first-order chi connectivity index (χ1) is 12.0. The van der Waals surface area contributed by atoms with Crippen molar-refractivity contribution in [2.24, 2.45) is 0 Å². The Hall–Kier alpha value is -2.61. The molecule has 2 aromatic heterocycles. The first-order valence-corrected chi connectivity index (χ1v) is 8.78. The highest BCUT2D eigenvalue weighted by Gasteiger charge is 2.18. The maximum Gasteiger partial charge on any atom is 0.308 e. The van der Waals surface area contributed by atoms with Crippen molar-refractivity contribution in [3.05, 3.63) is 53.1 Å². The average molecular weight is 361 g/mol. The summed E-state index contributed by atoms with van der Waals surface area (Å²) in [4.78, 5) is 4.32. The van der Waals surface area contributed by atoms with Crippen LogP contribution >= 0.6 is 0 Å². The summed E-state index contributed by atoms with van der Waals surface area (Å²) in [6, 6.07) is 5.77.